The number of carbonyl (C=O) groups is 1. The van der Waals surface area contributed by atoms with E-state index in [0.717, 1.165) is 18.9 Å². The number of aryl methyl sites for hydroxylation is 1. The molecule has 0 bridgehead atoms. The first kappa shape index (κ1) is 11.8. The van der Waals surface area contributed by atoms with Gasteiger partial charge in [0, 0.05) is 12.7 Å². The van der Waals surface area contributed by atoms with Gasteiger partial charge in [-0.3, -0.25) is 0 Å². The molecule has 0 unspecified atom stereocenters. The third-order valence-corrected chi connectivity index (χ3v) is 3.21. The highest BCUT2D eigenvalue weighted by Gasteiger charge is 2.17. The molecule has 1 aromatic rings. The van der Waals surface area contributed by atoms with E-state index in [9.17, 15) is 4.79 Å². The van der Waals surface area contributed by atoms with Gasteiger partial charge in [0.1, 0.15) is 17.2 Å². The van der Waals surface area contributed by atoms with Crippen molar-refractivity contribution in [2.24, 2.45) is 5.92 Å². The van der Waals surface area contributed by atoms with E-state index in [0.29, 0.717) is 11.6 Å². The summed E-state index contributed by atoms with van der Waals surface area (Å²) in [6.45, 7) is 2.53. The Hall–Kier alpha value is -1.65. The maximum atomic E-state index is 11.0. The second-order valence-corrected chi connectivity index (χ2v) is 4.50. The number of anilines is 1. The lowest BCUT2D eigenvalue weighted by Gasteiger charge is -2.25. The van der Waals surface area contributed by atoms with E-state index in [1.165, 1.54) is 25.5 Å². The van der Waals surface area contributed by atoms with Gasteiger partial charge in [-0.2, -0.15) is 0 Å². The number of carboxylic acids is 1. The van der Waals surface area contributed by atoms with Crippen LogP contribution < -0.4 is 5.32 Å². The molecule has 0 amide bonds. The number of nitrogens with zero attached hydrogens (tertiary/aromatic N) is 2. The second-order valence-electron chi connectivity index (χ2n) is 4.50. The van der Waals surface area contributed by atoms with Gasteiger partial charge in [-0.25, -0.2) is 14.8 Å². The summed E-state index contributed by atoms with van der Waals surface area (Å²) in [6, 6.07) is 0. The molecule has 1 aromatic heterocycles. The predicted molar refractivity (Wildman–Crippen MR) is 64.2 cm³/mol. The third kappa shape index (κ3) is 2.93. The molecular weight excluding hydrogens is 218 g/mol. The van der Waals surface area contributed by atoms with E-state index in [-0.39, 0.29) is 5.56 Å². The van der Waals surface area contributed by atoms with Crippen molar-refractivity contribution in [1.82, 2.24) is 9.97 Å². The normalized spacial score (nSPS) is 15.4. The zero-order valence-electron chi connectivity index (χ0n) is 9.94. The number of nitrogens with one attached hydrogen (secondary N) is 1. The monoisotopic (exact) mass is 235 g/mol. The highest BCUT2D eigenvalue weighted by Crippen LogP contribution is 2.29. The van der Waals surface area contributed by atoms with Crippen LogP contribution in [0.3, 0.4) is 0 Å². The minimum Gasteiger partial charge on any atom is -0.477 e. The summed E-state index contributed by atoms with van der Waals surface area (Å²) in [4.78, 5) is 19.0. The van der Waals surface area contributed by atoms with Gasteiger partial charge in [0.2, 0.25) is 0 Å². The molecule has 92 valence electrons. The van der Waals surface area contributed by atoms with Crippen LogP contribution in [-0.2, 0) is 0 Å². The summed E-state index contributed by atoms with van der Waals surface area (Å²) in [5.74, 6) is 0.834. The summed E-state index contributed by atoms with van der Waals surface area (Å²) >= 11 is 0. The van der Waals surface area contributed by atoms with Gasteiger partial charge in [0.15, 0.2) is 0 Å². The van der Waals surface area contributed by atoms with Gasteiger partial charge in [-0.1, -0.05) is 19.3 Å². The third-order valence-electron chi connectivity index (χ3n) is 3.21. The van der Waals surface area contributed by atoms with Crippen molar-refractivity contribution in [1.29, 1.82) is 0 Å². The number of hydrogen-bond acceptors (Lipinski definition) is 4. The van der Waals surface area contributed by atoms with E-state index in [1.807, 2.05) is 0 Å². The van der Waals surface area contributed by atoms with E-state index in [1.54, 1.807) is 6.92 Å². The van der Waals surface area contributed by atoms with Crippen molar-refractivity contribution < 1.29 is 9.90 Å². The summed E-state index contributed by atoms with van der Waals surface area (Å²) < 4.78 is 0. The summed E-state index contributed by atoms with van der Waals surface area (Å²) in [7, 11) is 0. The Morgan fingerprint density at radius 1 is 1.59 bits per heavy atom. The molecule has 0 radical (unpaired) electrons. The Morgan fingerprint density at radius 2 is 2.35 bits per heavy atom. The molecule has 1 saturated carbocycles. The fraction of sp³-hybridized carbons (Fsp3) is 0.583. The van der Waals surface area contributed by atoms with E-state index in [2.05, 4.69) is 15.3 Å². The second kappa shape index (κ2) is 5.12. The maximum Gasteiger partial charge on any atom is 0.341 e. The van der Waals surface area contributed by atoms with Crippen molar-refractivity contribution in [2.45, 2.75) is 32.6 Å². The molecule has 0 saturated heterocycles. The molecule has 17 heavy (non-hydrogen) atoms. The van der Waals surface area contributed by atoms with Gasteiger partial charge in [0.25, 0.3) is 0 Å². The molecule has 2 rings (SSSR count). The largest absolute Gasteiger partial charge is 0.477 e. The van der Waals surface area contributed by atoms with Crippen LogP contribution in [0, 0.1) is 12.8 Å². The fourth-order valence-corrected chi connectivity index (χ4v) is 1.94. The molecular formula is C12H17N3O2. The van der Waals surface area contributed by atoms with Gasteiger partial charge in [-0.05, 0) is 19.3 Å². The molecule has 1 heterocycles. The first-order chi connectivity index (χ1) is 8.16. The maximum absolute atomic E-state index is 11.0. The number of aromatic nitrogens is 2. The lowest BCUT2D eigenvalue weighted by molar-refractivity contribution is 0.0697. The van der Waals surface area contributed by atoms with Crippen molar-refractivity contribution in [3.63, 3.8) is 0 Å². The Balaban J connectivity index is 1.97. The molecule has 2 N–H and O–H groups in total. The van der Waals surface area contributed by atoms with Gasteiger partial charge in [-0.15, -0.1) is 0 Å². The van der Waals surface area contributed by atoms with Gasteiger partial charge >= 0.3 is 5.97 Å². The Labute approximate surface area is 100 Å². The Kier molecular flexibility index (Phi) is 3.56. The number of hydrogen-bond donors (Lipinski definition) is 2. The number of rotatable bonds is 5. The van der Waals surface area contributed by atoms with E-state index in [4.69, 9.17) is 5.11 Å². The van der Waals surface area contributed by atoms with E-state index < -0.39 is 5.97 Å². The average Bonchev–Trinajstić information content (AvgIpc) is 2.21. The topological polar surface area (TPSA) is 75.1 Å². The first-order valence-electron chi connectivity index (χ1n) is 5.97. The predicted octanol–water partition coefficient (Wildman–Crippen LogP) is 2.09. The molecule has 1 aliphatic rings. The lowest BCUT2D eigenvalue weighted by atomic mass is 9.83. The average molecular weight is 235 g/mol. The molecule has 1 aliphatic carbocycles. The van der Waals surface area contributed by atoms with Crippen molar-refractivity contribution >= 4 is 11.8 Å². The van der Waals surface area contributed by atoms with Gasteiger partial charge in [0.05, 0.1) is 0 Å². The Bertz CT molecular complexity index is 416. The standard InChI is InChI=1S/C12H17N3O2/c1-8-14-7-10(12(16)17)11(15-8)13-6-5-9-3-2-4-9/h7,9H,2-6H2,1H3,(H,16,17)(H,13,14,15). The van der Waals surface area contributed by atoms with Crippen LogP contribution in [-0.4, -0.2) is 27.6 Å². The highest BCUT2D eigenvalue weighted by molar-refractivity contribution is 5.92. The molecule has 1 fully saturated rings. The number of carboxylic acid groups (broad SMARTS) is 1. The SMILES string of the molecule is Cc1ncc(C(=O)O)c(NCCC2CCC2)n1. The molecule has 5 nitrogen and oxygen atoms in total. The summed E-state index contributed by atoms with van der Waals surface area (Å²) in [5, 5.41) is 12.1. The lowest BCUT2D eigenvalue weighted by Crippen LogP contribution is -2.17. The molecule has 0 spiro atoms. The molecule has 5 heteroatoms. The Morgan fingerprint density at radius 3 is 2.94 bits per heavy atom. The van der Waals surface area contributed by atoms with Crippen LogP contribution >= 0.6 is 0 Å². The van der Waals surface area contributed by atoms with Gasteiger partial charge < -0.3 is 10.4 Å². The smallest absolute Gasteiger partial charge is 0.341 e. The molecule has 0 aromatic carbocycles. The van der Waals surface area contributed by atoms with Crippen molar-refractivity contribution in [2.75, 3.05) is 11.9 Å². The van der Waals surface area contributed by atoms with Crippen molar-refractivity contribution in [3.8, 4) is 0 Å². The highest BCUT2D eigenvalue weighted by atomic mass is 16.4. The van der Waals surface area contributed by atoms with E-state index >= 15 is 0 Å². The minimum atomic E-state index is -0.990. The summed E-state index contributed by atoms with van der Waals surface area (Å²) in [5.41, 5.74) is 0.143. The van der Waals surface area contributed by atoms with Crippen LogP contribution in [0.4, 0.5) is 5.82 Å². The summed E-state index contributed by atoms with van der Waals surface area (Å²) in [6.07, 6.45) is 6.38. The fourth-order valence-electron chi connectivity index (χ4n) is 1.94. The first-order valence-corrected chi connectivity index (χ1v) is 5.97. The van der Waals surface area contributed by atoms with Crippen molar-refractivity contribution in [3.05, 3.63) is 17.6 Å². The number of aromatic carboxylic acids is 1. The molecule has 0 atom stereocenters. The zero-order valence-corrected chi connectivity index (χ0v) is 9.94. The van der Waals surface area contributed by atoms with Crippen LogP contribution in [0.25, 0.3) is 0 Å². The van der Waals surface area contributed by atoms with Crippen LogP contribution in [0.15, 0.2) is 6.20 Å². The van der Waals surface area contributed by atoms with Crippen LogP contribution in [0.2, 0.25) is 0 Å². The molecule has 0 aliphatic heterocycles. The quantitative estimate of drug-likeness (QED) is 0.817. The van der Waals surface area contributed by atoms with Crippen LogP contribution in [0.1, 0.15) is 41.9 Å². The minimum absolute atomic E-state index is 0.143. The van der Waals surface area contributed by atoms with Crippen LogP contribution in [0.5, 0.6) is 0 Å². The zero-order chi connectivity index (χ0) is 12.3.